The Labute approximate surface area is 257 Å². The van der Waals surface area contributed by atoms with Gasteiger partial charge in [-0.3, -0.25) is 24.0 Å². The van der Waals surface area contributed by atoms with E-state index in [-0.39, 0.29) is 35.2 Å². The van der Waals surface area contributed by atoms with Gasteiger partial charge in [-0.1, -0.05) is 53.7 Å². The van der Waals surface area contributed by atoms with E-state index in [2.05, 4.69) is 10.3 Å². The molecule has 1 atom stereocenters. The van der Waals surface area contributed by atoms with E-state index in [0.717, 1.165) is 0 Å². The third-order valence-electron chi connectivity index (χ3n) is 8.37. The van der Waals surface area contributed by atoms with Crippen LogP contribution in [0.15, 0.2) is 96.3 Å². The minimum atomic E-state index is -0.955. The fraction of sp³-hybridized carbons (Fsp3) is 0.171. The highest BCUT2D eigenvalue weighted by Gasteiger charge is 2.52. The summed E-state index contributed by atoms with van der Waals surface area (Å²) in [7, 11) is 0. The number of benzene rings is 3. The molecule has 0 spiro atoms. The molecule has 0 saturated heterocycles. The van der Waals surface area contributed by atoms with Gasteiger partial charge in [0, 0.05) is 39.6 Å². The van der Waals surface area contributed by atoms with E-state index in [1.807, 2.05) is 13.8 Å². The van der Waals surface area contributed by atoms with Crippen LogP contribution in [0.1, 0.15) is 79.5 Å². The zero-order valence-corrected chi connectivity index (χ0v) is 24.6. The van der Waals surface area contributed by atoms with Crippen molar-refractivity contribution in [3.63, 3.8) is 0 Å². The van der Waals surface area contributed by atoms with Crippen molar-refractivity contribution in [3.05, 3.63) is 130 Å². The summed E-state index contributed by atoms with van der Waals surface area (Å²) in [6, 6.07) is 19.4. The second kappa shape index (κ2) is 10.2. The predicted octanol–water partition coefficient (Wildman–Crippen LogP) is 4.98. The van der Waals surface area contributed by atoms with Crippen molar-refractivity contribution in [1.82, 2.24) is 15.0 Å². The molecular formula is C35H26N4O6. The molecule has 1 aromatic heterocycles. The Bertz CT molecular complexity index is 2050. The molecule has 0 amide bonds. The van der Waals surface area contributed by atoms with Gasteiger partial charge in [-0.15, -0.1) is 5.10 Å². The number of nitrogens with zero attached hydrogens (tertiary/aromatic N) is 4. The second-order valence-electron chi connectivity index (χ2n) is 11.7. The zero-order valence-electron chi connectivity index (χ0n) is 24.6. The summed E-state index contributed by atoms with van der Waals surface area (Å²) in [4.78, 5) is 66.9. The molecular weight excluding hydrogens is 572 g/mol. The first-order valence-electron chi connectivity index (χ1n) is 14.4. The summed E-state index contributed by atoms with van der Waals surface area (Å²) >= 11 is 0. The van der Waals surface area contributed by atoms with Crippen LogP contribution in [-0.2, 0) is 16.1 Å². The minimum Gasteiger partial charge on any atom is -0.484 e. The number of aromatic nitrogens is 3. The lowest BCUT2D eigenvalue weighted by Crippen LogP contribution is -2.35. The van der Waals surface area contributed by atoms with Gasteiger partial charge in [-0.2, -0.15) is 0 Å². The van der Waals surface area contributed by atoms with E-state index < -0.39 is 23.2 Å². The first kappa shape index (κ1) is 28.0. The summed E-state index contributed by atoms with van der Waals surface area (Å²) < 4.78 is 7.80. The number of ether oxygens (including phenoxy) is 1. The Kier molecular flexibility index (Phi) is 6.33. The number of carbonyl (C=O) groups excluding carboxylic acids is 5. The molecule has 1 unspecified atom stereocenters. The third-order valence-corrected chi connectivity index (χ3v) is 8.37. The van der Waals surface area contributed by atoms with Crippen LogP contribution < -0.4 is 4.90 Å². The smallest absolute Gasteiger partial charge is 0.235 e. The quantitative estimate of drug-likeness (QED) is 0.223. The van der Waals surface area contributed by atoms with Crippen molar-refractivity contribution >= 4 is 40.4 Å². The van der Waals surface area contributed by atoms with E-state index >= 15 is 0 Å². The molecule has 2 heterocycles. The highest BCUT2D eigenvalue weighted by Crippen LogP contribution is 2.49. The lowest BCUT2D eigenvalue weighted by atomic mass is 9.83. The van der Waals surface area contributed by atoms with Crippen LogP contribution in [0.5, 0.6) is 0 Å². The molecule has 0 saturated carbocycles. The minimum absolute atomic E-state index is 0.0298. The lowest BCUT2D eigenvalue weighted by Gasteiger charge is -2.28. The molecule has 0 radical (unpaired) electrons. The number of allylic oxidation sites excluding steroid dienone is 2. The van der Waals surface area contributed by atoms with Crippen LogP contribution in [0, 0.1) is 0 Å². The second-order valence-corrected chi connectivity index (χ2v) is 11.7. The Morgan fingerprint density at radius 2 is 1.47 bits per heavy atom. The topological polar surface area (TPSA) is 129 Å². The first-order valence-corrected chi connectivity index (χ1v) is 14.4. The number of carbonyl (C=O) groups is 5. The van der Waals surface area contributed by atoms with Crippen molar-refractivity contribution in [3.8, 4) is 0 Å². The van der Waals surface area contributed by atoms with Gasteiger partial charge < -0.3 is 9.64 Å². The maximum Gasteiger partial charge on any atom is 0.235 e. The van der Waals surface area contributed by atoms with Crippen LogP contribution in [0.3, 0.4) is 0 Å². The number of hydrogen-bond donors (Lipinski definition) is 0. The van der Waals surface area contributed by atoms with Crippen LogP contribution in [-0.4, -0.2) is 49.5 Å². The summed E-state index contributed by atoms with van der Waals surface area (Å²) in [6.07, 6.45) is 2.95. The van der Waals surface area contributed by atoms with E-state index in [1.165, 1.54) is 17.7 Å². The normalized spacial score (nSPS) is 18.2. The first-order chi connectivity index (χ1) is 21.5. The summed E-state index contributed by atoms with van der Waals surface area (Å²) in [6.45, 7) is 5.12. The number of anilines is 1. The number of ketones is 5. The molecule has 3 aromatic carbocycles. The third kappa shape index (κ3) is 4.45. The molecule has 0 fully saturated rings. The van der Waals surface area contributed by atoms with Gasteiger partial charge in [0.25, 0.3) is 0 Å². The van der Waals surface area contributed by atoms with Crippen molar-refractivity contribution in [2.75, 3.05) is 4.90 Å². The fourth-order valence-corrected chi connectivity index (χ4v) is 6.22. The molecule has 0 N–H and O–H groups in total. The van der Waals surface area contributed by atoms with Crippen molar-refractivity contribution in [1.29, 1.82) is 0 Å². The van der Waals surface area contributed by atoms with Crippen molar-refractivity contribution in [2.24, 2.45) is 0 Å². The standard InChI is InChI=1S/C35H26N4O6/c1-19(40)20-12-14-22(15-13-20)38(27-16-28(41)23-8-4-5-9-24(23)30(27)42)17-21-18-39(37-36-21)34-29-32(44)31(43)25-10-6-7-11-26(25)33(29)45-35(34,2)3/h4-16,18,34H,17H2,1-3H3. The maximum atomic E-state index is 13.7. The predicted molar refractivity (Wildman–Crippen MR) is 163 cm³/mol. The highest BCUT2D eigenvalue weighted by atomic mass is 16.5. The summed E-state index contributed by atoms with van der Waals surface area (Å²) in [5.74, 6) is -1.66. The molecule has 10 heteroatoms. The number of Topliss-reactive ketones (excluding diaryl/α,β-unsaturated/α-hetero) is 4. The Balaban J connectivity index is 1.28. The zero-order chi connectivity index (χ0) is 31.6. The van der Waals surface area contributed by atoms with E-state index in [0.29, 0.717) is 45.0 Å². The van der Waals surface area contributed by atoms with E-state index in [4.69, 9.17) is 4.74 Å². The van der Waals surface area contributed by atoms with Crippen molar-refractivity contribution in [2.45, 2.75) is 39.0 Å². The van der Waals surface area contributed by atoms with Gasteiger partial charge in [-0.05, 0) is 45.0 Å². The number of fused-ring (bicyclic) bond motifs is 3. The van der Waals surface area contributed by atoms with E-state index in [1.54, 1.807) is 83.9 Å². The average molecular weight is 599 g/mol. The Morgan fingerprint density at radius 1 is 0.844 bits per heavy atom. The van der Waals surface area contributed by atoms with Gasteiger partial charge in [0.2, 0.25) is 17.3 Å². The summed E-state index contributed by atoms with van der Waals surface area (Å²) in [5, 5.41) is 8.71. The number of rotatable bonds is 6. The van der Waals surface area contributed by atoms with Crippen molar-refractivity contribution < 1.29 is 28.7 Å². The Hall–Kier alpha value is -5.77. The van der Waals surface area contributed by atoms with Gasteiger partial charge in [0.1, 0.15) is 23.1 Å². The Morgan fingerprint density at radius 3 is 2.13 bits per heavy atom. The molecule has 0 bridgehead atoms. The number of hydrogen-bond acceptors (Lipinski definition) is 9. The van der Waals surface area contributed by atoms with Gasteiger partial charge in [-0.25, -0.2) is 4.68 Å². The van der Waals surface area contributed by atoms with Crippen LogP contribution in [0.25, 0.3) is 5.76 Å². The lowest BCUT2D eigenvalue weighted by molar-refractivity contribution is -0.112. The average Bonchev–Trinajstić information content (AvgIpc) is 3.61. The van der Waals surface area contributed by atoms with Gasteiger partial charge in [0.15, 0.2) is 11.6 Å². The van der Waals surface area contributed by atoms with E-state index in [9.17, 15) is 24.0 Å². The molecule has 4 aromatic rings. The summed E-state index contributed by atoms with van der Waals surface area (Å²) in [5.41, 5.74) is 2.34. The van der Waals surface area contributed by atoms with Crippen LogP contribution in [0.4, 0.5) is 5.69 Å². The van der Waals surface area contributed by atoms with Crippen LogP contribution >= 0.6 is 0 Å². The SMILES string of the molecule is CC(=O)c1ccc(N(Cc2cn(C3C4=C(OC3(C)C)c3ccccc3C(=O)C4=O)nn2)C2=CC(=O)c3ccccc3C2=O)cc1. The maximum absolute atomic E-state index is 13.7. The molecule has 3 aliphatic rings. The molecule has 2 aliphatic carbocycles. The fourth-order valence-electron chi connectivity index (χ4n) is 6.22. The molecule has 7 rings (SSSR count). The van der Waals surface area contributed by atoms with Crippen LogP contribution in [0.2, 0.25) is 0 Å². The molecule has 45 heavy (non-hydrogen) atoms. The monoisotopic (exact) mass is 598 g/mol. The molecule has 1 aliphatic heterocycles. The largest absolute Gasteiger partial charge is 0.484 e. The molecule has 222 valence electrons. The highest BCUT2D eigenvalue weighted by molar-refractivity contribution is 6.52. The van der Waals surface area contributed by atoms with Gasteiger partial charge >= 0.3 is 0 Å². The molecule has 10 nitrogen and oxygen atoms in total. The van der Waals surface area contributed by atoms with Gasteiger partial charge in [0.05, 0.1) is 24.0 Å².